The van der Waals surface area contributed by atoms with Gasteiger partial charge in [0, 0.05) is 45.1 Å². The van der Waals surface area contributed by atoms with Crippen molar-refractivity contribution in [2.24, 2.45) is 5.92 Å². The van der Waals surface area contributed by atoms with Gasteiger partial charge in [0.05, 0.1) is 60.2 Å². The van der Waals surface area contributed by atoms with Gasteiger partial charge in [-0.05, 0) is 6.42 Å². The number of piperidine rings is 1. The van der Waals surface area contributed by atoms with Crippen LogP contribution in [0.5, 0.6) is 11.8 Å². The minimum atomic E-state index is -0.904. The van der Waals surface area contributed by atoms with E-state index >= 15 is 0 Å². The molecule has 2 aliphatic rings. The van der Waals surface area contributed by atoms with Crippen LogP contribution in [0, 0.1) is 5.92 Å². The molecule has 0 unspecified atom stereocenters. The van der Waals surface area contributed by atoms with Crippen molar-refractivity contribution in [3.63, 3.8) is 0 Å². The summed E-state index contributed by atoms with van der Waals surface area (Å²) in [4.78, 5) is 26.8. The first-order valence-corrected chi connectivity index (χ1v) is 11.6. The van der Waals surface area contributed by atoms with Crippen LogP contribution in [0.15, 0.2) is 24.7 Å². The number of pyridine rings is 1. The summed E-state index contributed by atoms with van der Waals surface area (Å²) in [5.41, 5.74) is 0.665. The number of carboxylic acids is 1. The SMILES string of the molecule is COc1cc(N2CC[C@@H](Oc3cnc([C@]4(CC(=O)O)C[C@@H](OC)CN4)cn3)[C@H](C)C2)c(Cl)cn1. The van der Waals surface area contributed by atoms with Crippen molar-refractivity contribution >= 4 is 23.3 Å². The first-order chi connectivity index (χ1) is 16.3. The molecule has 0 bridgehead atoms. The zero-order chi connectivity index (χ0) is 24.3. The van der Waals surface area contributed by atoms with Crippen molar-refractivity contribution in [2.75, 3.05) is 38.8 Å². The maximum Gasteiger partial charge on any atom is 0.305 e. The topological polar surface area (TPSA) is 119 Å². The Balaban J connectivity index is 1.42. The number of aliphatic carboxylic acids is 1. The summed E-state index contributed by atoms with van der Waals surface area (Å²) in [6, 6.07) is 1.85. The maximum atomic E-state index is 11.5. The number of hydrogen-bond acceptors (Lipinski definition) is 9. The van der Waals surface area contributed by atoms with E-state index < -0.39 is 11.5 Å². The zero-order valence-corrected chi connectivity index (χ0v) is 20.3. The van der Waals surface area contributed by atoms with Gasteiger partial charge in [0.15, 0.2) is 0 Å². The third-order valence-electron chi connectivity index (χ3n) is 6.61. The predicted molar refractivity (Wildman–Crippen MR) is 126 cm³/mol. The quantitative estimate of drug-likeness (QED) is 0.570. The van der Waals surface area contributed by atoms with Gasteiger partial charge < -0.3 is 29.5 Å². The molecule has 34 heavy (non-hydrogen) atoms. The lowest BCUT2D eigenvalue weighted by Gasteiger charge is -2.38. The van der Waals surface area contributed by atoms with E-state index in [1.54, 1.807) is 32.8 Å². The maximum absolute atomic E-state index is 11.5. The van der Waals surface area contributed by atoms with E-state index in [0.717, 1.165) is 25.2 Å². The van der Waals surface area contributed by atoms with Crippen molar-refractivity contribution in [3.8, 4) is 11.8 Å². The Morgan fingerprint density at radius 2 is 2.06 bits per heavy atom. The Morgan fingerprint density at radius 1 is 1.26 bits per heavy atom. The molecule has 2 saturated heterocycles. The second kappa shape index (κ2) is 10.3. The van der Waals surface area contributed by atoms with Crippen molar-refractivity contribution < 1.29 is 24.1 Å². The molecule has 10 nitrogen and oxygen atoms in total. The summed E-state index contributed by atoms with van der Waals surface area (Å²) in [7, 11) is 3.20. The van der Waals surface area contributed by atoms with E-state index in [0.29, 0.717) is 35.4 Å². The molecule has 0 aliphatic carbocycles. The van der Waals surface area contributed by atoms with Crippen LogP contribution in [0.25, 0.3) is 0 Å². The standard InChI is InChI=1S/C23H30ClN5O5/c1-14-13-29(17-6-20(33-3)26-10-16(17)24)5-4-18(14)34-21-12-25-19(11-27-21)23(8-22(30)31)7-15(32-2)9-28-23/h6,10-12,14-15,18,28H,4-5,7-9,13H2,1-3H3,(H,30,31)/t14-,15-,18-,23-/m1/s1. The molecular weight excluding hydrogens is 462 g/mol. The zero-order valence-electron chi connectivity index (χ0n) is 19.5. The van der Waals surface area contributed by atoms with Gasteiger partial charge in [-0.15, -0.1) is 0 Å². The summed E-state index contributed by atoms with van der Waals surface area (Å²) < 4.78 is 16.8. The third kappa shape index (κ3) is 5.18. The fourth-order valence-electron chi connectivity index (χ4n) is 4.75. The molecule has 11 heteroatoms. The molecule has 0 aromatic carbocycles. The number of carbonyl (C=O) groups is 1. The van der Waals surface area contributed by atoms with E-state index in [9.17, 15) is 9.90 Å². The Kier molecular flexibility index (Phi) is 7.39. The number of nitrogens with one attached hydrogen (secondary N) is 1. The summed E-state index contributed by atoms with van der Waals surface area (Å²) >= 11 is 6.37. The average molecular weight is 492 g/mol. The Labute approximate surface area is 203 Å². The lowest BCUT2D eigenvalue weighted by molar-refractivity contribution is -0.138. The second-order valence-electron chi connectivity index (χ2n) is 8.88. The van der Waals surface area contributed by atoms with Crippen LogP contribution >= 0.6 is 11.6 Å². The fourth-order valence-corrected chi connectivity index (χ4v) is 4.97. The molecule has 2 N–H and O–H groups in total. The number of carboxylic acid groups (broad SMARTS) is 1. The Hall–Kier alpha value is -2.69. The van der Waals surface area contributed by atoms with E-state index in [2.05, 4.69) is 32.1 Å². The summed E-state index contributed by atoms with van der Waals surface area (Å²) in [6.45, 7) is 4.21. The van der Waals surface area contributed by atoms with E-state index in [-0.39, 0.29) is 24.5 Å². The van der Waals surface area contributed by atoms with Crippen LogP contribution in [0.1, 0.15) is 31.9 Å². The van der Waals surface area contributed by atoms with Gasteiger partial charge in [-0.1, -0.05) is 18.5 Å². The van der Waals surface area contributed by atoms with Gasteiger partial charge in [0.25, 0.3) is 0 Å². The van der Waals surface area contributed by atoms with Gasteiger partial charge >= 0.3 is 5.97 Å². The number of halogens is 1. The summed E-state index contributed by atoms with van der Waals surface area (Å²) in [6.07, 6.45) is 5.88. The number of anilines is 1. The molecule has 4 heterocycles. The molecule has 2 aromatic heterocycles. The number of hydrogen-bond donors (Lipinski definition) is 2. The molecule has 0 saturated carbocycles. The highest BCUT2D eigenvalue weighted by molar-refractivity contribution is 6.33. The first kappa shape index (κ1) is 24.4. The van der Waals surface area contributed by atoms with Crippen LogP contribution in [0.3, 0.4) is 0 Å². The van der Waals surface area contributed by atoms with Crippen molar-refractivity contribution in [1.29, 1.82) is 0 Å². The summed E-state index contributed by atoms with van der Waals surface area (Å²) in [5, 5.41) is 13.3. The number of ether oxygens (including phenoxy) is 3. The average Bonchev–Trinajstić information content (AvgIpc) is 3.25. The molecule has 0 radical (unpaired) electrons. The molecule has 2 aliphatic heterocycles. The van der Waals surface area contributed by atoms with Gasteiger partial charge in [-0.2, -0.15) is 0 Å². The van der Waals surface area contributed by atoms with E-state index in [1.807, 2.05) is 6.07 Å². The first-order valence-electron chi connectivity index (χ1n) is 11.3. The molecule has 2 aromatic rings. The van der Waals surface area contributed by atoms with Crippen molar-refractivity contribution in [3.05, 3.63) is 35.4 Å². The van der Waals surface area contributed by atoms with Crippen LogP contribution < -0.4 is 19.7 Å². The molecule has 184 valence electrons. The highest BCUT2D eigenvalue weighted by Crippen LogP contribution is 2.35. The normalized spacial score (nSPS) is 26.9. The highest BCUT2D eigenvalue weighted by Gasteiger charge is 2.43. The third-order valence-corrected chi connectivity index (χ3v) is 6.90. The number of methoxy groups -OCH3 is 2. The Morgan fingerprint density at radius 3 is 2.68 bits per heavy atom. The predicted octanol–water partition coefficient (Wildman–Crippen LogP) is 2.51. The number of nitrogens with zero attached hydrogens (tertiary/aromatic N) is 4. The molecule has 4 rings (SSSR count). The van der Waals surface area contributed by atoms with Crippen LogP contribution in [0.2, 0.25) is 5.02 Å². The molecular formula is C23H30ClN5O5. The minimum absolute atomic E-state index is 0.0330. The molecule has 0 amide bonds. The monoisotopic (exact) mass is 491 g/mol. The van der Waals surface area contributed by atoms with Crippen LogP contribution in [-0.2, 0) is 15.1 Å². The van der Waals surface area contributed by atoms with Crippen LogP contribution in [0.4, 0.5) is 5.69 Å². The number of rotatable bonds is 8. The van der Waals surface area contributed by atoms with Crippen LogP contribution in [-0.4, -0.2) is 72.1 Å². The van der Waals surface area contributed by atoms with E-state index in [4.69, 9.17) is 25.8 Å². The Bertz CT molecular complexity index is 1010. The van der Waals surface area contributed by atoms with Gasteiger partial charge in [-0.25, -0.2) is 9.97 Å². The fraction of sp³-hybridized carbons (Fsp3) is 0.565. The van der Waals surface area contributed by atoms with Gasteiger partial charge in [0.1, 0.15) is 6.10 Å². The lowest BCUT2D eigenvalue weighted by Crippen LogP contribution is -2.44. The van der Waals surface area contributed by atoms with Gasteiger partial charge in [-0.3, -0.25) is 9.78 Å². The van der Waals surface area contributed by atoms with Gasteiger partial charge in [0.2, 0.25) is 11.8 Å². The lowest BCUT2D eigenvalue weighted by atomic mass is 9.89. The second-order valence-corrected chi connectivity index (χ2v) is 9.29. The molecule has 4 atom stereocenters. The van der Waals surface area contributed by atoms with E-state index in [1.165, 1.54) is 0 Å². The molecule has 2 fully saturated rings. The summed E-state index contributed by atoms with van der Waals surface area (Å²) in [5.74, 6) is 0.251. The highest BCUT2D eigenvalue weighted by atomic mass is 35.5. The van der Waals surface area contributed by atoms with Crippen molar-refractivity contribution in [1.82, 2.24) is 20.3 Å². The minimum Gasteiger partial charge on any atom is -0.481 e. The smallest absolute Gasteiger partial charge is 0.305 e. The van der Waals surface area contributed by atoms with Crippen molar-refractivity contribution in [2.45, 2.75) is 43.9 Å². The number of aromatic nitrogens is 3. The molecule has 0 spiro atoms. The largest absolute Gasteiger partial charge is 0.481 e.